The number of halogens is 1. The molecular weight excluding hydrogens is 435 g/mol. The number of nitrogens with one attached hydrogen (secondary N) is 1. The van der Waals surface area contributed by atoms with E-state index >= 15 is 0 Å². The van der Waals surface area contributed by atoms with E-state index in [9.17, 15) is 14.0 Å². The summed E-state index contributed by atoms with van der Waals surface area (Å²) < 4.78 is 20.4. The molecule has 1 amide bonds. The Morgan fingerprint density at radius 3 is 2.62 bits per heavy atom. The molecule has 166 valence electrons. The summed E-state index contributed by atoms with van der Waals surface area (Å²) in [4.78, 5) is 36.7. The van der Waals surface area contributed by atoms with Crippen LogP contribution in [0.25, 0.3) is 0 Å². The topological polar surface area (TPSA) is 102 Å². The van der Waals surface area contributed by atoms with Crippen LogP contribution in [0.2, 0.25) is 0 Å². The molecule has 1 aliphatic heterocycles. The van der Waals surface area contributed by atoms with E-state index in [1.165, 1.54) is 34.5 Å². The molecule has 0 saturated carbocycles. The van der Waals surface area contributed by atoms with Crippen molar-refractivity contribution >= 4 is 34.3 Å². The lowest BCUT2D eigenvalue weighted by Crippen LogP contribution is -2.40. The third kappa shape index (κ3) is 4.11. The molecule has 9 nitrogen and oxygen atoms in total. The van der Waals surface area contributed by atoms with Gasteiger partial charge in [-0.1, -0.05) is 12.1 Å². The molecule has 1 aromatic carbocycles. The second-order valence-corrected chi connectivity index (χ2v) is 8.32. The van der Waals surface area contributed by atoms with E-state index in [1.807, 2.05) is 6.92 Å². The third-order valence-electron chi connectivity index (χ3n) is 4.96. The van der Waals surface area contributed by atoms with Crippen LogP contribution in [0.5, 0.6) is 0 Å². The Morgan fingerprint density at radius 1 is 1.22 bits per heavy atom. The third-order valence-corrected chi connectivity index (χ3v) is 5.79. The highest BCUT2D eigenvalue weighted by Crippen LogP contribution is 2.38. The van der Waals surface area contributed by atoms with E-state index in [2.05, 4.69) is 20.4 Å². The molecule has 3 aromatic rings. The van der Waals surface area contributed by atoms with Gasteiger partial charge in [-0.2, -0.15) is 10.1 Å². The largest absolute Gasteiger partial charge is 0.463 e. The standard InChI is InChI=1S/C21H21FN6O3S/c1-4-31-19(30)17-13(3)27(10-16(29)26-20-23-9-12(2)32-20)21-24-11-25-28(21)18(17)14-5-7-15(22)8-6-14/h5-9,11,18H,4,10H2,1-3H3,(H,23,26,29). The van der Waals surface area contributed by atoms with Gasteiger partial charge in [0, 0.05) is 16.8 Å². The zero-order valence-corrected chi connectivity index (χ0v) is 18.5. The van der Waals surface area contributed by atoms with Gasteiger partial charge in [0.1, 0.15) is 24.7 Å². The van der Waals surface area contributed by atoms with Crippen molar-refractivity contribution in [3.05, 3.63) is 64.3 Å². The molecule has 0 bridgehead atoms. The van der Waals surface area contributed by atoms with E-state index in [4.69, 9.17) is 4.74 Å². The highest BCUT2D eigenvalue weighted by atomic mass is 32.1. The fourth-order valence-electron chi connectivity index (χ4n) is 3.56. The Hall–Kier alpha value is -3.60. The van der Waals surface area contributed by atoms with Crippen molar-refractivity contribution in [2.75, 3.05) is 23.4 Å². The van der Waals surface area contributed by atoms with Gasteiger partial charge in [0.05, 0.1) is 12.2 Å². The van der Waals surface area contributed by atoms with Crippen molar-refractivity contribution in [2.45, 2.75) is 26.8 Å². The zero-order chi connectivity index (χ0) is 22.8. The number of esters is 1. The summed E-state index contributed by atoms with van der Waals surface area (Å²) in [5.74, 6) is -0.869. The van der Waals surface area contributed by atoms with Crippen LogP contribution in [-0.2, 0) is 14.3 Å². The Balaban J connectivity index is 1.73. The number of amides is 1. The highest BCUT2D eigenvalue weighted by Gasteiger charge is 2.38. The van der Waals surface area contributed by atoms with Gasteiger partial charge in [0.2, 0.25) is 11.9 Å². The van der Waals surface area contributed by atoms with Gasteiger partial charge in [-0.15, -0.1) is 11.3 Å². The number of aromatic nitrogens is 4. The van der Waals surface area contributed by atoms with Crippen molar-refractivity contribution in [1.82, 2.24) is 19.7 Å². The normalized spacial score (nSPS) is 15.5. The molecule has 11 heteroatoms. The van der Waals surface area contributed by atoms with Crippen LogP contribution in [0.4, 0.5) is 15.5 Å². The number of benzene rings is 1. The van der Waals surface area contributed by atoms with Crippen molar-refractivity contribution in [1.29, 1.82) is 0 Å². The van der Waals surface area contributed by atoms with Crippen LogP contribution in [0.1, 0.15) is 30.3 Å². The lowest BCUT2D eigenvalue weighted by Gasteiger charge is -2.34. The molecule has 0 spiro atoms. The summed E-state index contributed by atoms with van der Waals surface area (Å²) in [6.07, 6.45) is 3.03. The molecule has 1 unspecified atom stereocenters. The molecule has 32 heavy (non-hydrogen) atoms. The first-order valence-electron chi connectivity index (χ1n) is 9.91. The van der Waals surface area contributed by atoms with E-state index in [0.29, 0.717) is 27.9 Å². The average molecular weight is 457 g/mol. The number of allylic oxidation sites excluding steroid dienone is 1. The average Bonchev–Trinajstić information content (AvgIpc) is 3.39. The van der Waals surface area contributed by atoms with Crippen LogP contribution >= 0.6 is 11.3 Å². The van der Waals surface area contributed by atoms with E-state index in [1.54, 1.807) is 37.1 Å². The van der Waals surface area contributed by atoms with Crippen LogP contribution in [0.15, 0.2) is 48.1 Å². The number of hydrogen-bond donors (Lipinski definition) is 1. The second-order valence-electron chi connectivity index (χ2n) is 7.09. The number of nitrogens with zero attached hydrogens (tertiary/aromatic N) is 5. The quantitative estimate of drug-likeness (QED) is 0.569. The summed E-state index contributed by atoms with van der Waals surface area (Å²) in [5, 5.41) is 7.54. The number of ether oxygens (including phenoxy) is 1. The lowest BCUT2D eigenvalue weighted by molar-refractivity contribution is -0.139. The molecule has 1 atom stereocenters. The van der Waals surface area contributed by atoms with Crippen molar-refractivity contribution < 1.29 is 18.7 Å². The number of carbonyl (C=O) groups is 2. The minimum absolute atomic E-state index is 0.109. The second kappa shape index (κ2) is 8.87. The van der Waals surface area contributed by atoms with E-state index < -0.39 is 17.8 Å². The number of fused-ring (bicyclic) bond motifs is 1. The molecule has 4 rings (SSSR count). The predicted octanol–water partition coefficient (Wildman–Crippen LogP) is 3.07. The van der Waals surface area contributed by atoms with Gasteiger partial charge in [-0.3, -0.25) is 4.79 Å². The van der Waals surface area contributed by atoms with E-state index in [-0.39, 0.29) is 19.1 Å². The minimum atomic E-state index is -0.673. The number of anilines is 2. The smallest absolute Gasteiger partial charge is 0.338 e. The molecule has 2 aromatic heterocycles. The summed E-state index contributed by atoms with van der Waals surface area (Å²) in [5.41, 5.74) is 1.45. The molecule has 0 fully saturated rings. The van der Waals surface area contributed by atoms with E-state index in [0.717, 1.165) is 4.88 Å². The monoisotopic (exact) mass is 456 g/mol. The van der Waals surface area contributed by atoms with Crippen LogP contribution < -0.4 is 10.2 Å². The number of rotatable bonds is 6. The van der Waals surface area contributed by atoms with Gasteiger partial charge >= 0.3 is 5.97 Å². The van der Waals surface area contributed by atoms with Gasteiger partial charge in [0.15, 0.2) is 5.13 Å². The molecule has 3 heterocycles. The maximum atomic E-state index is 13.5. The van der Waals surface area contributed by atoms with Gasteiger partial charge in [-0.05, 0) is 38.5 Å². The number of carbonyl (C=O) groups excluding carboxylic acids is 2. The summed E-state index contributed by atoms with van der Waals surface area (Å²) >= 11 is 1.37. The fourth-order valence-corrected chi connectivity index (χ4v) is 4.24. The minimum Gasteiger partial charge on any atom is -0.463 e. The first-order chi connectivity index (χ1) is 15.4. The highest BCUT2D eigenvalue weighted by molar-refractivity contribution is 7.15. The Kier molecular flexibility index (Phi) is 5.99. The van der Waals surface area contributed by atoms with Crippen molar-refractivity contribution in [2.24, 2.45) is 0 Å². The van der Waals surface area contributed by atoms with Gasteiger partial charge < -0.3 is 15.0 Å². The molecule has 0 aliphatic carbocycles. The fraction of sp³-hybridized carbons (Fsp3) is 0.286. The van der Waals surface area contributed by atoms with Crippen LogP contribution in [0, 0.1) is 12.7 Å². The van der Waals surface area contributed by atoms with Gasteiger partial charge in [0.25, 0.3) is 0 Å². The first kappa shape index (κ1) is 21.6. The Labute approximate surface area is 187 Å². The molecule has 1 aliphatic rings. The molecular formula is C21H21FN6O3S. The van der Waals surface area contributed by atoms with Crippen molar-refractivity contribution in [3.63, 3.8) is 0 Å². The molecule has 1 N–H and O–H groups in total. The number of hydrogen-bond acceptors (Lipinski definition) is 8. The van der Waals surface area contributed by atoms with Gasteiger partial charge in [-0.25, -0.2) is 18.9 Å². The maximum absolute atomic E-state index is 13.5. The molecule has 0 radical (unpaired) electrons. The zero-order valence-electron chi connectivity index (χ0n) is 17.7. The lowest BCUT2D eigenvalue weighted by atomic mass is 9.95. The molecule has 0 saturated heterocycles. The number of aryl methyl sites for hydroxylation is 1. The number of thiazole rings is 1. The first-order valence-corrected chi connectivity index (χ1v) is 10.7. The predicted molar refractivity (Wildman–Crippen MR) is 117 cm³/mol. The van der Waals surface area contributed by atoms with Crippen molar-refractivity contribution in [3.8, 4) is 0 Å². The SMILES string of the molecule is CCOC(=O)C1=C(C)N(CC(=O)Nc2ncc(C)s2)c2ncnn2C1c1ccc(F)cc1. The van der Waals surface area contributed by atoms with Crippen LogP contribution in [-0.4, -0.2) is 44.8 Å². The summed E-state index contributed by atoms with van der Waals surface area (Å²) in [7, 11) is 0. The summed E-state index contributed by atoms with van der Waals surface area (Å²) in [6, 6.07) is 5.14. The Bertz CT molecular complexity index is 1190. The van der Waals surface area contributed by atoms with Crippen LogP contribution in [0.3, 0.4) is 0 Å². The summed E-state index contributed by atoms with van der Waals surface area (Å²) in [6.45, 7) is 5.41. The Morgan fingerprint density at radius 2 is 1.97 bits per heavy atom. The maximum Gasteiger partial charge on any atom is 0.338 e.